The fourth-order valence-corrected chi connectivity index (χ4v) is 2.88. The fourth-order valence-electron chi connectivity index (χ4n) is 1.83. The van der Waals surface area contributed by atoms with Crippen LogP contribution in [0.1, 0.15) is 29.3 Å². The van der Waals surface area contributed by atoms with E-state index in [0.29, 0.717) is 0 Å². The molecule has 17 heavy (non-hydrogen) atoms. The van der Waals surface area contributed by atoms with E-state index in [-0.39, 0.29) is 5.41 Å². The molecule has 0 amide bonds. The van der Waals surface area contributed by atoms with Gasteiger partial charge in [0, 0.05) is 23.0 Å². The van der Waals surface area contributed by atoms with E-state index in [4.69, 9.17) is 0 Å². The van der Waals surface area contributed by atoms with E-state index < -0.39 is 0 Å². The minimum Gasteiger partial charge on any atom is -0.315 e. The first-order valence-corrected chi connectivity index (χ1v) is 6.61. The molecule has 0 radical (unpaired) electrons. The minimum atomic E-state index is -0.0160. The second kappa shape index (κ2) is 4.98. The van der Waals surface area contributed by atoms with Gasteiger partial charge in [-0.1, -0.05) is 30.3 Å². The Labute approximate surface area is 107 Å². The summed E-state index contributed by atoms with van der Waals surface area (Å²) in [5.74, 6) is 0. The zero-order valence-electron chi connectivity index (χ0n) is 10.5. The first-order valence-electron chi connectivity index (χ1n) is 5.80. The Bertz CT molecular complexity index is 474. The Morgan fingerprint density at radius 3 is 2.59 bits per heavy atom. The summed E-state index contributed by atoms with van der Waals surface area (Å²) in [4.78, 5) is 5.85. The van der Waals surface area contributed by atoms with Gasteiger partial charge in [0.15, 0.2) is 0 Å². The largest absolute Gasteiger partial charge is 0.315 e. The lowest BCUT2D eigenvalue weighted by atomic mass is 9.85. The van der Waals surface area contributed by atoms with E-state index in [2.05, 4.69) is 48.4 Å². The average molecular weight is 246 g/mol. The van der Waals surface area contributed by atoms with Crippen molar-refractivity contribution >= 4 is 11.3 Å². The number of aromatic nitrogens is 1. The predicted molar refractivity (Wildman–Crippen MR) is 73.4 cm³/mol. The normalized spacial score (nSPS) is 11.7. The highest BCUT2D eigenvalue weighted by atomic mass is 32.1. The van der Waals surface area contributed by atoms with Gasteiger partial charge in [-0.3, -0.25) is 0 Å². The number of hydrogen-bond acceptors (Lipinski definition) is 3. The number of hydrogen-bond donors (Lipinski definition) is 1. The van der Waals surface area contributed by atoms with Crippen LogP contribution in [0.15, 0.2) is 36.5 Å². The van der Waals surface area contributed by atoms with Gasteiger partial charge in [-0.05, 0) is 26.5 Å². The van der Waals surface area contributed by atoms with Crippen LogP contribution in [0.25, 0.3) is 0 Å². The molecule has 90 valence electrons. The third-order valence-corrected chi connectivity index (χ3v) is 4.26. The monoisotopic (exact) mass is 246 g/mol. The SMILES string of the molecule is CNCc1cnc(C(C)(C)c2ccccc2)s1. The zero-order chi connectivity index (χ0) is 12.3. The molecule has 1 aromatic heterocycles. The van der Waals surface area contributed by atoms with Crippen LogP contribution in [-0.2, 0) is 12.0 Å². The smallest absolute Gasteiger partial charge is 0.103 e. The number of benzene rings is 1. The summed E-state index contributed by atoms with van der Waals surface area (Å²) >= 11 is 1.79. The van der Waals surface area contributed by atoms with E-state index in [1.54, 1.807) is 11.3 Å². The minimum absolute atomic E-state index is 0.0160. The fraction of sp³-hybridized carbons (Fsp3) is 0.357. The molecule has 1 heterocycles. The molecule has 0 atom stereocenters. The molecule has 0 bridgehead atoms. The quantitative estimate of drug-likeness (QED) is 0.896. The molecular weight excluding hydrogens is 228 g/mol. The zero-order valence-corrected chi connectivity index (χ0v) is 11.3. The number of nitrogens with one attached hydrogen (secondary N) is 1. The van der Waals surface area contributed by atoms with Crippen LogP contribution in [0.3, 0.4) is 0 Å². The van der Waals surface area contributed by atoms with Gasteiger partial charge >= 0.3 is 0 Å². The van der Waals surface area contributed by atoms with Gasteiger partial charge in [-0.15, -0.1) is 11.3 Å². The molecule has 0 saturated carbocycles. The van der Waals surface area contributed by atoms with Crippen LogP contribution in [0.4, 0.5) is 0 Å². The Hall–Kier alpha value is -1.19. The second-order valence-electron chi connectivity index (χ2n) is 4.65. The van der Waals surface area contributed by atoms with Crippen LogP contribution >= 0.6 is 11.3 Å². The van der Waals surface area contributed by atoms with E-state index >= 15 is 0 Å². The van der Waals surface area contributed by atoms with Crippen molar-refractivity contribution in [1.29, 1.82) is 0 Å². The molecule has 2 nitrogen and oxygen atoms in total. The summed E-state index contributed by atoms with van der Waals surface area (Å²) in [6.45, 7) is 5.34. The molecule has 2 rings (SSSR count). The van der Waals surface area contributed by atoms with Gasteiger partial charge in [0.05, 0.1) is 0 Å². The van der Waals surface area contributed by atoms with Crippen molar-refractivity contribution in [2.24, 2.45) is 0 Å². The highest BCUT2D eigenvalue weighted by Gasteiger charge is 2.26. The topological polar surface area (TPSA) is 24.9 Å². The second-order valence-corrected chi connectivity index (χ2v) is 5.77. The molecule has 2 aromatic rings. The van der Waals surface area contributed by atoms with E-state index in [1.165, 1.54) is 15.4 Å². The number of nitrogens with zero attached hydrogens (tertiary/aromatic N) is 1. The van der Waals surface area contributed by atoms with E-state index in [1.807, 2.05) is 19.3 Å². The molecule has 0 aliphatic rings. The molecule has 0 spiro atoms. The highest BCUT2D eigenvalue weighted by molar-refractivity contribution is 7.11. The van der Waals surface area contributed by atoms with Gasteiger partial charge in [0.25, 0.3) is 0 Å². The van der Waals surface area contributed by atoms with Gasteiger partial charge in [-0.2, -0.15) is 0 Å². The molecular formula is C14H18N2S. The van der Waals surface area contributed by atoms with Crippen LogP contribution < -0.4 is 5.32 Å². The highest BCUT2D eigenvalue weighted by Crippen LogP contribution is 2.33. The maximum Gasteiger partial charge on any atom is 0.103 e. The Balaban J connectivity index is 2.31. The lowest BCUT2D eigenvalue weighted by Gasteiger charge is -2.22. The van der Waals surface area contributed by atoms with Gasteiger partial charge in [-0.25, -0.2) is 4.98 Å². The van der Waals surface area contributed by atoms with Gasteiger partial charge < -0.3 is 5.32 Å². The summed E-state index contributed by atoms with van der Waals surface area (Å²) in [7, 11) is 1.96. The maximum absolute atomic E-state index is 4.56. The Morgan fingerprint density at radius 2 is 1.94 bits per heavy atom. The van der Waals surface area contributed by atoms with Crippen molar-refractivity contribution in [3.8, 4) is 0 Å². The van der Waals surface area contributed by atoms with Gasteiger partial charge in [0.1, 0.15) is 5.01 Å². The molecule has 0 unspecified atom stereocenters. The van der Waals surface area contributed by atoms with Crippen molar-refractivity contribution in [1.82, 2.24) is 10.3 Å². The predicted octanol–water partition coefficient (Wildman–Crippen LogP) is 3.19. The van der Waals surface area contributed by atoms with Gasteiger partial charge in [0.2, 0.25) is 0 Å². The van der Waals surface area contributed by atoms with Crippen molar-refractivity contribution in [3.63, 3.8) is 0 Å². The number of thiazole rings is 1. The molecule has 0 fully saturated rings. The lowest BCUT2D eigenvalue weighted by Crippen LogP contribution is -2.18. The van der Waals surface area contributed by atoms with Crippen LogP contribution in [0.2, 0.25) is 0 Å². The molecule has 0 aliphatic heterocycles. The number of rotatable bonds is 4. The molecule has 0 saturated heterocycles. The molecule has 1 N–H and O–H groups in total. The van der Waals surface area contributed by atoms with Crippen molar-refractivity contribution in [3.05, 3.63) is 52.0 Å². The van der Waals surface area contributed by atoms with Crippen LogP contribution in [-0.4, -0.2) is 12.0 Å². The van der Waals surface area contributed by atoms with E-state index in [0.717, 1.165) is 6.54 Å². The van der Waals surface area contributed by atoms with Crippen LogP contribution in [0.5, 0.6) is 0 Å². The average Bonchev–Trinajstić information content (AvgIpc) is 2.80. The van der Waals surface area contributed by atoms with Crippen LogP contribution in [0, 0.1) is 0 Å². The maximum atomic E-state index is 4.56. The Morgan fingerprint density at radius 1 is 1.24 bits per heavy atom. The Kier molecular flexibility index (Phi) is 3.60. The lowest BCUT2D eigenvalue weighted by molar-refractivity contribution is 0.635. The third kappa shape index (κ3) is 2.56. The summed E-state index contributed by atoms with van der Waals surface area (Å²) in [5, 5.41) is 4.33. The van der Waals surface area contributed by atoms with Crippen molar-refractivity contribution < 1.29 is 0 Å². The molecule has 0 aliphatic carbocycles. The standard InChI is InChI=1S/C14H18N2S/c1-14(2,11-7-5-4-6-8-11)13-16-10-12(17-13)9-15-3/h4-8,10,15H,9H2,1-3H3. The van der Waals surface area contributed by atoms with E-state index in [9.17, 15) is 0 Å². The molecule has 3 heteroatoms. The summed E-state index contributed by atoms with van der Waals surface area (Å²) in [5.41, 5.74) is 1.29. The van der Waals surface area contributed by atoms with Crippen molar-refractivity contribution in [2.75, 3.05) is 7.05 Å². The summed E-state index contributed by atoms with van der Waals surface area (Å²) in [6.07, 6.45) is 1.97. The third-order valence-electron chi connectivity index (χ3n) is 2.93. The summed E-state index contributed by atoms with van der Waals surface area (Å²) < 4.78 is 0. The van der Waals surface area contributed by atoms with Crippen molar-refractivity contribution in [2.45, 2.75) is 25.8 Å². The molecule has 1 aromatic carbocycles. The first-order chi connectivity index (χ1) is 8.14. The first kappa shape index (κ1) is 12.3. The summed E-state index contributed by atoms with van der Waals surface area (Å²) in [6, 6.07) is 10.5.